The van der Waals surface area contributed by atoms with E-state index in [2.05, 4.69) is 26.0 Å². The van der Waals surface area contributed by atoms with Gasteiger partial charge in [0.05, 0.1) is 12.7 Å². The Kier molecular flexibility index (Phi) is 6.37. The quantitative estimate of drug-likeness (QED) is 0.513. The summed E-state index contributed by atoms with van der Waals surface area (Å²) < 4.78 is 61.2. The maximum Gasteiger partial charge on any atom is 0.265 e. The zero-order valence-electron chi connectivity index (χ0n) is 15.4. The van der Waals surface area contributed by atoms with Crippen LogP contribution in [0.25, 0.3) is 0 Å². The van der Waals surface area contributed by atoms with Gasteiger partial charge in [0.2, 0.25) is 0 Å². The van der Waals surface area contributed by atoms with E-state index < -0.39 is 33.1 Å². The first-order valence-electron chi connectivity index (χ1n) is 8.43. The number of sulfonamides is 1. The molecular weight excluding hydrogens is 482 g/mol. The van der Waals surface area contributed by atoms with Gasteiger partial charge in [-0.25, -0.2) is 17.2 Å². The summed E-state index contributed by atoms with van der Waals surface area (Å²) in [5, 5.41) is 2.36. The number of halogens is 3. The van der Waals surface area contributed by atoms with Gasteiger partial charge in [-0.3, -0.25) is 9.52 Å². The highest BCUT2D eigenvalue weighted by atomic mass is 79.9. The Bertz CT molecular complexity index is 1200. The van der Waals surface area contributed by atoms with E-state index in [1.54, 1.807) is 24.3 Å². The number of rotatable bonds is 6. The summed E-state index contributed by atoms with van der Waals surface area (Å²) in [5.41, 5.74) is -0.139. The highest BCUT2D eigenvalue weighted by Gasteiger charge is 2.22. The highest BCUT2D eigenvalue weighted by Crippen LogP contribution is 2.29. The second-order valence-electron chi connectivity index (χ2n) is 6.03. The molecule has 0 unspecified atom stereocenters. The van der Waals surface area contributed by atoms with Crippen LogP contribution in [0.4, 0.5) is 20.2 Å². The molecule has 0 aliphatic carbocycles. The van der Waals surface area contributed by atoms with Gasteiger partial charge in [0.1, 0.15) is 10.6 Å². The first-order chi connectivity index (χ1) is 14.2. The third-order valence-electron chi connectivity index (χ3n) is 4.00. The molecule has 0 saturated heterocycles. The van der Waals surface area contributed by atoms with Crippen molar-refractivity contribution >= 4 is 43.2 Å². The Morgan fingerprint density at radius 1 is 1.00 bits per heavy atom. The van der Waals surface area contributed by atoms with Gasteiger partial charge in [0.25, 0.3) is 15.9 Å². The standard InChI is InChI=1S/C20H15BrF2N2O4S/c1-29-17-10-9-14(24-20(26)15-3-2-4-16(22)19(15)23)11-18(17)30(27,28)25-13-7-5-12(21)6-8-13/h2-11,25H,1H3,(H,24,26). The molecule has 0 heterocycles. The van der Waals surface area contributed by atoms with Crippen LogP contribution in [-0.2, 0) is 10.0 Å². The van der Waals surface area contributed by atoms with Crippen LogP contribution in [0.2, 0.25) is 0 Å². The third kappa shape index (κ3) is 4.77. The van der Waals surface area contributed by atoms with Crippen LogP contribution in [-0.4, -0.2) is 21.4 Å². The minimum atomic E-state index is -4.08. The number of anilines is 2. The molecule has 0 fully saturated rings. The molecule has 0 aromatic heterocycles. The number of benzene rings is 3. The fraction of sp³-hybridized carbons (Fsp3) is 0.0500. The van der Waals surface area contributed by atoms with E-state index in [0.717, 1.165) is 22.7 Å². The Morgan fingerprint density at radius 3 is 2.33 bits per heavy atom. The van der Waals surface area contributed by atoms with E-state index in [1.165, 1.54) is 25.3 Å². The zero-order valence-corrected chi connectivity index (χ0v) is 17.9. The van der Waals surface area contributed by atoms with Crippen molar-refractivity contribution in [3.8, 4) is 5.75 Å². The van der Waals surface area contributed by atoms with E-state index in [0.29, 0.717) is 5.69 Å². The molecule has 6 nitrogen and oxygen atoms in total. The van der Waals surface area contributed by atoms with Crippen LogP contribution in [0.1, 0.15) is 10.4 Å². The van der Waals surface area contributed by atoms with Crippen molar-refractivity contribution in [1.82, 2.24) is 0 Å². The van der Waals surface area contributed by atoms with Crippen LogP contribution in [0.15, 0.2) is 70.0 Å². The van der Waals surface area contributed by atoms with Crippen molar-refractivity contribution in [3.05, 3.63) is 82.3 Å². The van der Waals surface area contributed by atoms with E-state index in [1.807, 2.05) is 0 Å². The Morgan fingerprint density at radius 2 is 1.67 bits per heavy atom. The van der Waals surface area contributed by atoms with Gasteiger partial charge in [-0.05, 0) is 54.6 Å². The van der Waals surface area contributed by atoms with Gasteiger partial charge in [-0.1, -0.05) is 22.0 Å². The molecule has 3 aromatic carbocycles. The lowest BCUT2D eigenvalue weighted by Gasteiger charge is -2.14. The third-order valence-corrected chi connectivity index (χ3v) is 5.93. The lowest BCUT2D eigenvalue weighted by atomic mass is 10.2. The summed E-state index contributed by atoms with van der Waals surface area (Å²) in [7, 11) is -2.78. The van der Waals surface area contributed by atoms with Gasteiger partial charge in [0, 0.05) is 15.8 Å². The first kappa shape index (κ1) is 21.7. The minimum absolute atomic E-state index is 0.0366. The lowest BCUT2D eigenvalue weighted by molar-refractivity contribution is 0.102. The predicted octanol–water partition coefficient (Wildman–Crippen LogP) is 4.79. The van der Waals surface area contributed by atoms with E-state index in [4.69, 9.17) is 4.74 Å². The Labute approximate surface area is 180 Å². The van der Waals surface area contributed by atoms with Crippen LogP contribution in [0.5, 0.6) is 5.75 Å². The number of methoxy groups -OCH3 is 1. The maximum absolute atomic E-state index is 13.8. The van der Waals surface area contributed by atoms with E-state index >= 15 is 0 Å². The van der Waals surface area contributed by atoms with E-state index in [9.17, 15) is 22.0 Å². The molecule has 3 aromatic rings. The largest absolute Gasteiger partial charge is 0.495 e. The van der Waals surface area contributed by atoms with Gasteiger partial charge >= 0.3 is 0 Å². The number of amides is 1. The molecule has 0 saturated carbocycles. The molecule has 0 radical (unpaired) electrons. The second-order valence-corrected chi connectivity index (χ2v) is 8.60. The summed E-state index contributed by atoms with van der Waals surface area (Å²) in [6.07, 6.45) is 0. The van der Waals surface area contributed by atoms with Crippen molar-refractivity contribution in [1.29, 1.82) is 0 Å². The average Bonchev–Trinajstić information content (AvgIpc) is 2.71. The van der Waals surface area contributed by atoms with Gasteiger partial charge in [-0.15, -0.1) is 0 Å². The van der Waals surface area contributed by atoms with Gasteiger partial charge in [-0.2, -0.15) is 0 Å². The Balaban J connectivity index is 1.92. The summed E-state index contributed by atoms with van der Waals surface area (Å²) in [4.78, 5) is 12.1. The average molecular weight is 497 g/mol. The molecule has 0 spiro atoms. The number of carbonyl (C=O) groups excluding carboxylic acids is 1. The summed E-state index contributed by atoms with van der Waals surface area (Å²) in [5.74, 6) is -3.36. The Hall–Kier alpha value is -2.98. The number of ether oxygens (including phenoxy) is 1. The van der Waals surface area contributed by atoms with Crippen LogP contribution < -0.4 is 14.8 Å². The second kappa shape index (κ2) is 8.80. The minimum Gasteiger partial charge on any atom is -0.495 e. The highest BCUT2D eigenvalue weighted by molar-refractivity contribution is 9.10. The molecule has 10 heteroatoms. The van der Waals surface area contributed by atoms with Crippen LogP contribution >= 0.6 is 15.9 Å². The molecule has 2 N–H and O–H groups in total. The normalized spacial score (nSPS) is 11.1. The molecular formula is C20H15BrF2N2O4S. The van der Waals surface area contributed by atoms with Crippen LogP contribution in [0.3, 0.4) is 0 Å². The number of hydrogen-bond donors (Lipinski definition) is 2. The van der Waals surface area contributed by atoms with Crippen molar-refractivity contribution in [2.45, 2.75) is 4.90 Å². The molecule has 3 rings (SSSR count). The zero-order chi connectivity index (χ0) is 21.9. The van der Waals surface area contributed by atoms with Gasteiger partial charge < -0.3 is 10.1 Å². The summed E-state index contributed by atoms with van der Waals surface area (Å²) in [6, 6.07) is 13.5. The SMILES string of the molecule is COc1ccc(NC(=O)c2cccc(F)c2F)cc1S(=O)(=O)Nc1ccc(Br)cc1. The predicted molar refractivity (Wildman–Crippen MR) is 112 cm³/mol. The molecule has 156 valence electrons. The summed E-state index contributed by atoms with van der Waals surface area (Å²) >= 11 is 3.27. The van der Waals surface area contributed by atoms with Crippen molar-refractivity contribution in [2.75, 3.05) is 17.1 Å². The fourth-order valence-electron chi connectivity index (χ4n) is 2.57. The molecule has 0 atom stereocenters. The van der Waals surface area contributed by atoms with E-state index in [-0.39, 0.29) is 16.3 Å². The van der Waals surface area contributed by atoms with Gasteiger partial charge in [0.15, 0.2) is 11.6 Å². The topological polar surface area (TPSA) is 84.5 Å². The number of hydrogen-bond acceptors (Lipinski definition) is 4. The molecule has 0 aliphatic heterocycles. The summed E-state index contributed by atoms with van der Waals surface area (Å²) in [6.45, 7) is 0. The number of nitrogens with one attached hydrogen (secondary N) is 2. The number of carbonyl (C=O) groups is 1. The fourth-order valence-corrected chi connectivity index (χ4v) is 4.09. The first-order valence-corrected chi connectivity index (χ1v) is 10.7. The van der Waals surface area contributed by atoms with Crippen molar-refractivity contribution in [2.24, 2.45) is 0 Å². The smallest absolute Gasteiger partial charge is 0.265 e. The van der Waals surface area contributed by atoms with Crippen LogP contribution in [0, 0.1) is 11.6 Å². The van der Waals surface area contributed by atoms with Crippen molar-refractivity contribution in [3.63, 3.8) is 0 Å². The molecule has 30 heavy (non-hydrogen) atoms. The lowest BCUT2D eigenvalue weighted by Crippen LogP contribution is -2.17. The molecule has 1 amide bonds. The molecule has 0 bridgehead atoms. The molecule has 0 aliphatic rings. The van der Waals surface area contributed by atoms with Crippen molar-refractivity contribution < 1.29 is 26.7 Å². The maximum atomic E-state index is 13.8. The monoisotopic (exact) mass is 496 g/mol.